The quantitative estimate of drug-likeness (QED) is 0.440. The number of halogens is 2. The summed E-state index contributed by atoms with van der Waals surface area (Å²) < 4.78 is 30.3. The number of alkyl halides is 2. The van der Waals surface area contributed by atoms with Gasteiger partial charge in [-0.1, -0.05) is 15.9 Å². The summed E-state index contributed by atoms with van der Waals surface area (Å²) in [6.45, 7) is 0. The lowest BCUT2D eigenvalue weighted by Gasteiger charge is -2.05. The molecule has 0 fully saturated rings. The molecular weight excluding hydrogens is 245 g/mol. The van der Waals surface area contributed by atoms with E-state index < -0.39 is 15.3 Å². The Morgan fingerprint density at radius 2 is 2.20 bits per heavy atom. The minimum atomic E-state index is -4.10. The van der Waals surface area contributed by atoms with Crippen LogP contribution in [0.25, 0.3) is 0 Å². The summed E-state index contributed by atoms with van der Waals surface area (Å²) in [6, 6.07) is 0. The number of hydrogen-bond donors (Lipinski definition) is 2. The van der Waals surface area contributed by atoms with Crippen molar-refractivity contribution in [2.75, 3.05) is 5.88 Å². The largest absolute Gasteiger partial charge is 0.334 e. The first-order valence-electron chi connectivity index (χ1n) is 2.40. The lowest BCUT2D eigenvalue weighted by atomic mass is 10.5. The molecule has 7 heteroatoms. The molecule has 0 spiro atoms. The van der Waals surface area contributed by atoms with E-state index in [1.807, 2.05) is 4.72 Å². The Morgan fingerprint density at radius 3 is 2.50 bits per heavy atom. The van der Waals surface area contributed by atoms with Gasteiger partial charge in [-0.2, -0.15) is 13.1 Å². The van der Waals surface area contributed by atoms with Crippen LogP contribution in [0.15, 0.2) is 0 Å². The first-order valence-corrected chi connectivity index (χ1v) is 5.29. The number of nitrogens with one attached hydrogen (secondary N) is 1. The summed E-state index contributed by atoms with van der Waals surface area (Å²) in [7, 11) is -4.10. The maximum Gasteiger partial charge on any atom is 0.334 e. The molecule has 1 unspecified atom stereocenters. The van der Waals surface area contributed by atoms with Gasteiger partial charge in [-0.25, -0.2) is 0 Å². The van der Waals surface area contributed by atoms with Crippen LogP contribution in [0, 0.1) is 0 Å². The van der Waals surface area contributed by atoms with Crippen LogP contribution in [0.3, 0.4) is 0 Å². The zero-order valence-electron chi connectivity index (χ0n) is 4.92. The Kier molecular flexibility index (Phi) is 4.79. The predicted molar refractivity (Wildman–Crippen MR) is 42.7 cm³/mol. The van der Waals surface area contributed by atoms with Crippen LogP contribution in [0.5, 0.6) is 0 Å². The van der Waals surface area contributed by atoms with E-state index in [0.717, 1.165) is 0 Å². The Labute approximate surface area is 73.0 Å². The molecule has 0 aromatic heterocycles. The normalized spacial score (nSPS) is 15.1. The second kappa shape index (κ2) is 4.50. The van der Waals surface area contributed by atoms with Crippen molar-refractivity contribution in [3.8, 4) is 0 Å². The van der Waals surface area contributed by atoms with E-state index in [1.165, 1.54) is 0 Å². The van der Waals surface area contributed by atoms with E-state index in [4.69, 9.17) is 16.2 Å². The topological polar surface area (TPSA) is 66.4 Å². The fourth-order valence-corrected chi connectivity index (χ4v) is 2.18. The summed E-state index contributed by atoms with van der Waals surface area (Å²) in [5, 5.41) is 0. The van der Waals surface area contributed by atoms with Crippen molar-refractivity contribution < 1.29 is 13.0 Å². The molecule has 0 radical (unpaired) electrons. The van der Waals surface area contributed by atoms with Crippen molar-refractivity contribution in [3.05, 3.63) is 0 Å². The van der Waals surface area contributed by atoms with Crippen LogP contribution >= 0.6 is 27.5 Å². The molecule has 62 valence electrons. The molecule has 0 amide bonds. The van der Waals surface area contributed by atoms with Crippen molar-refractivity contribution in [2.45, 2.75) is 11.4 Å². The second-order valence-electron chi connectivity index (χ2n) is 1.54. The van der Waals surface area contributed by atoms with Crippen LogP contribution in [-0.4, -0.2) is 23.8 Å². The Balaban J connectivity index is 3.69. The van der Waals surface area contributed by atoms with Gasteiger partial charge >= 0.3 is 10.3 Å². The standard InChI is InChI=1S/C3H7BrClNO3S/c4-3(1-2-5)6-10(7,8)9/h3,6H,1-2H2,(H,7,8,9). The minimum Gasteiger partial charge on any atom is -0.273 e. The van der Waals surface area contributed by atoms with Crippen LogP contribution < -0.4 is 4.72 Å². The Bertz CT molecular complexity index is 182. The van der Waals surface area contributed by atoms with Crippen LogP contribution in [0.2, 0.25) is 0 Å². The SMILES string of the molecule is O=S(=O)(O)NC(Br)CCCl. The van der Waals surface area contributed by atoms with Gasteiger partial charge < -0.3 is 0 Å². The third-order valence-corrected chi connectivity index (χ3v) is 2.43. The zero-order chi connectivity index (χ0) is 8.20. The minimum absolute atomic E-state index is 0.318. The third kappa shape index (κ3) is 6.76. The van der Waals surface area contributed by atoms with E-state index in [0.29, 0.717) is 12.3 Å². The highest BCUT2D eigenvalue weighted by molar-refractivity contribution is 9.09. The maximum atomic E-state index is 10.1. The monoisotopic (exact) mass is 251 g/mol. The number of hydrogen-bond acceptors (Lipinski definition) is 2. The Hall–Kier alpha value is 0.640. The summed E-state index contributed by atoms with van der Waals surface area (Å²) >= 11 is 8.22. The van der Waals surface area contributed by atoms with Gasteiger partial charge in [0.1, 0.15) is 0 Å². The highest BCUT2D eigenvalue weighted by Crippen LogP contribution is 2.02. The molecule has 0 aliphatic heterocycles. The molecule has 1 atom stereocenters. The van der Waals surface area contributed by atoms with Crippen molar-refractivity contribution in [2.24, 2.45) is 0 Å². The van der Waals surface area contributed by atoms with Crippen LogP contribution in [0.4, 0.5) is 0 Å². The molecule has 10 heavy (non-hydrogen) atoms. The molecule has 2 N–H and O–H groups in total. The van der Waals surface area contributed by atoms with Gasteiger partial charge in [-0.05, 0) is 6.42 Å². The lowest BCUT2D eigenvalue weighted by molar-refractivity contribution is 0.465. The number of rotatable bonds is 4. The van der Waals surface area contributed by atoms with E-state index in [1.54, 1.807) is 0 Å². The van der Waals surface area contributed by atoms with Gasteiger partial charge in [-0.15, -0.1) is 11.6 Å². The first-order chi connectivity index (χ1) is 4.45. The fourth-order valence-electron chi connectivity index (χ4n) is 0.316. The average molecular weight is 253 g/mol. The lowest BCUT2D eigenvalue weighted by Crippen LogP contribution is -2.29. The highest BCUT2D eigenvalue weighted by atomic mass is 79.9. The third-order valence-electron chi connectivity index (χ3n) is 0.639. The van der Waals surface area contributed by atoms with Crippen molar-refractivity contribution in [3.63, 3.8) is 0 Å². The summed E-state index contributed by atoms with van der Waals surface area (Å²) in [5.74, 6) is 0.318. The molecule has 0 saturated carbocycles. The van der Waals surface area contributed by atoms with E-state index in [9.17, 15) is 8.42 Å². The average Bonchev–Trinajstić information content (AvgIpc) is 1.59. The fraction of sp³-hybridized carbons (Fsp3) is 1.00. The van der Waals surface area contributed by atoms with Crippen molar-refractivity contribution >= 4 is 37.8 Å². The zero-order valence-corrected chi connectivity index (χ0v) is 8.08. The molecule has 0 aromatic rings. The summed E-state index contributed by atoms with van der Waals surface area (Å²) in [4.78, 5) is -0.500. The van der Waals surface area contributed by atoms with Gasteiger partial charge in [-0.3, -0.25) is 4.55 Å². The molecular formula is C3H7BrClNO3S. The molecule has 0 bridgehead atoms. The van der Waals surface area contributed by atoms with Gasteiger partial charge in [0, 0.05) is 5.88 Å². The maximum absolute atomic E-state index is 10.1. The van der Waals surface area contributed by atoms with Crippen molar-refractivity contribution in [1.29, 1.82) is 0 Å². The predicted octanol–water partition coefficient (Wildman–Crippen LogP) is 0.729. The van der Waals surface area contributed by atoms with Crippen LogP contribution in [-0.2, 0) is 10.3 Å². The van der Waals surface area contributed by atoms with Crippen molar-refractivity contribution in [1.82, 2.24) is 4.72 Å². The molecule has 0 aromatic carbocycles. The molecule has 0 saturated heterocycles. The van der Waals surface area contributed by atoms with Gasteiger partial charge in [0.25, 0.3) is 0 Å². The summed E-state index contributed by atoms with van der Waals surface area (Å²) in [5.41, 5.74) is 0. The first kappa shape index (κ1) is 10.6. The molecule has 0 rings (SSSR count). The molecule has 4 nitrogen and oxygen atoms in total. The van der Waals surface area contributed by atoms with Crippen LogP contribution in [0.1, 0.15) is 6.42 Å². The van der Waals surface area contributed by atoms with Gasteiger partial charge in [0.15, 0.2) is 0 Å². The highest BCUT2D eigenvalue weighted by Gasteiger charge is 2.09. The Morgan fingerprint density at radius 1 is 1.70 bits per heavy atom. The van der Waals surface area contributed by atoms with Gasteiger partial charge in [0.05, 0.1) is 4.95 Å². The summed E-state index contributed by atoms with van der Waals surface area (Å²) in [6.07, 6.45) is 0.418. The smallest absolute Gasteiger partial charge is 0.273 e. The molecule has 0 heterocycles. The van der Waals surface area contributed by atoms with E-state index in [2.05, 4.69) is 15.9 Å². The van der Waals surface area contributed by atoms with E-state index >= 15 is 0 Å². The van der Waals surface area contributed by atoms with E-state index in [-0.39, 0.29) is 0 Å². The van der Waals surface area contributed by atoms with Gasteiger partial charge in [0.2, 0.25) is 0 Å². The second-order valence-corrected chi connectivity index (χ2v) is 4.21. The molecule has 0 aliphatic rings. The molecule has 0 aliphatic carbocycles.